The molecule has 0 aromatic heterocycles. The Morgan fingerprint density at radius 2 is 2.04 bits per heavy atom. The highest BCUT2D eigenvalue weighted by atomic mass is 35.5. The Hall–Kier alpha value is -2.49. The molecule has 27 heavy (non-hydrogen) atoms. The van der Waals surface area contributed by atoms with Gasteiger partial charge in [0.1, 0.15) is 12.6 Å². The molecule has 0 saturated carbocycles. The van der Waals surface area contributed by atoms with Crippen LogP contribution in [0.5, 0.6) is 0 Å². The van der Waals surface area contributed by atoms with Crippen molar-refractivity contribution in [1.82, 2.24) is 10.2 Å². The smallest absolute Gasteiger partial charge is 0.405 e. The second kappa shape index (κ2) is 8.47. The molecular weight excluding hydrogens is 391 g/mol. The number of methoxy groups -OCH3 is 1. The second-order valence-electron chi connectivity index (χ2n) is 5.80. The van der Waals surface area contributed by atoms with Crippen LogP contribution in [0.3, 0.4) is 0 Å². The molecule has 0 radical (unpaired) electrons. The number of benzene rings is 1. The number of nitrogens with zero attached hydrogens (tertiary/aromatic N) is 1. The first kappa shape index (κ1) is 20.8. The molecule has 11 heteroatoms. The van der Waals surface area contributed by atoms with E-state index in [2.05, 4.69) is 10.1 Å². The van der Waals surface area contributed by atoms with Gasteiger partial charge >= 0.3 is 18.2 Å². The van der Waals surface area contributed by atoms with E-state index in [0.29, 0.717) is 6.42 Å². The first-order valence-corrected chi connectivity index (χ1v) is 8.30. The van der Waals surface area contributed by atoms with E-state index in [1.165, 1.54) is 25.3 Å². The zero-order valence-corrected chi connectivity index (χ0v) is 15.0. The van der Waals surface area contributed by atoms with Gasteiger partial charge in [-0.25, -0.2) is 9.59 Å². The van der Waals surface area contributed by atoms with Gasteiger partial charge in [-0.2, -0.15) is 13.2 Å². The van der Waals surface area contributed by atoms with Crippen LogP contribution in [-0.4, -0.2) is 55.2 Å². The third-order valence-corrected chi connectivity index (χ3v) is 4.23. The number of amides is 3. The summed E-state index contributed by atoms with van der Waals surface area (Å²) in [4.78, 5) is 37.2. The zero-order valence-electron chi connectivity index (χ0n) is 14.2. The molecule has 148 valence electrons. The molecule has 1 aromatic rings. The monoisotopic (exact) mass is 407 g/mol. The largest absolute Gasteiger partial charge is 0.465 e. The number of carbonyl (C=O) groups excluding carboxylic acids is 3. The Balaban J connectivity index is 2.06. The van der Waals surface area contributed by atoms with Crippen molar-refractivity contribution in [2.24, 2.45) is 0 Å². The fraction of sp³-hybridized carbons (Fsp3) is 0.438. The molecule has 0 spiro atoms. The number of alkyl halides is 3. The number of hydrogen-bond acceptors (Lipinski definition) is 4. The van der Waals surface area contributed by atoms with Crippen LogP contribution in [-0.2, 0) is 9.53 Å². The maximum absolute atomic E-state index is 12.4. The standard InChI is InChI=1S/C16H17ClF3N3O4/c1-27-14(25)10-7-9(4-5-11(10)17)22-15(26)23-6-2-3-12(23)13(24)21-8-16(18,19)20/h4-5,7,12H,2-3,6,8H2,1H3,(H,21,24)(H,22,26). The number of esters is 1. The lowest BCUT2D eigenvalue weighted by atomic mass is 10.2. The van der Waals surface area contributed by atoms with Crippen LogP contribution >= 0.6 is 11.6 Å². The quantitative estimate of drug-likeness (QED) is 0.751. The summed E-state index contributed by atoms with van der Waals surface area (Å²) in [5.74, 6) is -1.56. The molecule has 2 rings (SSSR count). The van der Waals surface area contributed by atoms with Crippen molar-refractivity contribution in [1.29, 1.82) is 0 Å². The second-order valence-corrected chi connectivity index (χ2v) is 6.21. The molecule has 3 amide bonds. The summed E-state index contributed by atoms with van der Waals surface area (Å²) in [7, 11) is 1.18. The minimum Gasteiger partial charge on any atom is -0.465 e. The van der Waals surface area contributed by atoms with E-state index in [4.69, 9.17) is 11.6 Å². The van der Waals surface area contributed by atoms with Gasteiger partial charge in [-0.1, -0.05) is 11.6 Å². The van der Waals surface area contributed by atoms with Crippen LogP contribution < -0.4 is 10.6 Å². The lowest BCUT2D eigenvalue weighted by Crippen LogP contribution is -2.49. The topological polar surface area (TPSA) is 87.7 Å². The molecule has 1 aromatic carbocycles. The number of urea groups is 1. The zero-order chi connectivity index (χ0) is 20.2. The van der Waals surface area contributed by atoms with Gasteiger partial charge < -0.3 is 20.3 Å². The van der Waals surface area contributed by atoms with Gasteiger partial charge in [-0.15, -0.1) is 0 Å². The Morgan fingerprint density at radius 3 is 2.67 bits per heavy atom. The van der Waals surface area contributed by atoms with E-state index < -0.39 is 36.7 Å². The number of ether oxygens (including phenoxy) is 1. The third-order valence-electron chi connectivity index (χ3n) is 3.90. The summed E-state index contributed by atoms with van der Waals surface area (Å²) in [6.07, 6.45) is -3.80. The Bertz CT molecular complexity index is 742. The Morgan fingerprint density at radius 1 is 1.33 bits per heavy atom. The van der Waals surface area contributed by atoms with E-state index >= 15 is 0 Å². The van der Waals surface area contributed by atoms with E-state index in [9.17, 15) is 27.6 Å². The van der Waals surface area contributed by atoms with Crippen LogP contribution in [0.2, 0.25) is 5.02 Å². The molecule has 1 saturated heterocycles. The number of nitrogens with one attached hydrogen (secondary N) is 2. The minimum atomic E-state index is -4.53. The van der Waals surface area contributed by atoms with Crippen LogP contribution in [0.15, 0.2) is 18.2 Å². The molecule has 7 nitrogen and oxygen atoms in total. The van der Waals surface area contributed by atoms with Crippen LogP contribution in [0.4, 0.5) is 23.7 Å². The summed E-state index contributed by atoms with van der Waals surface area (Å²) in [5, 5.41) is 4.42. The van der Waals surface area contributed by atoms with Crippen molar-refractivity contribution in [2.45, 2.75) is 25.1 Å². The number of carbonyl (C=O) groups is 3. The fourth-order valence-corrected chi connectivity index (χ4v) is 2.85. The van der Waals surface area contributed by atoms with Gasteiger partial charge in [0.2, 0.25) is 5.91 Å². The predicted octanol–water partition coefficient (Wildman–Crippen LogP) is 2.80. The number of likely N-dealkylation sites (tertiary alicyclic amines) is 1. The lowest BCUT2D eigenvalue weighted by Gasteiger charge is -2.24. The molecular formula is C16H17ClF3N3O4. The van der Waals surface area contributed by atoms with Gasteiger partial charge in [0.05, 0.1) is 17.7 Å². The van der Waals surface area contributed by atoms with Crippen LogP contribution in [0.25, 0.3) is 0 Å². The molecule has 0 bridgehead atoms. The predicted molar refractivity (Wildman–Crippen MR) is 90.6 cm³/mol. The highest BCUT2D eigenvalue weighted by molar-refractivity contribution is 6.33. The molecule has 2 N–H and O–H groups in total. The van der Waals surface area contributed by atoms with Crippen molar-refractivity contribution in [3.63, 3.8) is 0 Å². The molecule has 1 aliphatic heterocycles. The highest BCUT2D eigenvalue weighted by Gasteiger charge is 2.36. The van der Waals surface area contributed by atoms with E-state index in [1.54, 1.807) is 5.32 Å². The van der Waals surface area contributed by atoms with E-state index in [-0.39, 0.29) is 29.2 Å². The highest BCUT2D eigenvalue weighted by Crippen LogP contribution is 2.24. The fourth-order valence-electron chi connectivity index (χ4n) is 2.65. The lowest BCUT2D eigenvalue weighted by molar-refractivity contribution is -0.140. The summed E-state index contributed by atoms with van der Waals surface area (Å²) in [5.41, 5.74) is 0.268. The molecule has 1 unspecified atom stereocenters. The average molecular weight is 408 g/mol. The van der Waals surface area contributed by atoms with Crippen molar-refractivity contribution >= 4 is 35.2 Å². The van der Waals surface area contributed by atoms with Gasteiger partial charge in [-0.3, -0.25) is 4.79 Å². The Labute approximate surface area is 157 Å². The van der Waals surface area contributed by atoms with Crippen LogP contribution in [0.1, 0.15) is 23.2 Å². The SMILES string of the molecule is COC(=O)c1cc(NC(=O)N2CCCC2C(=O)NCC(F)(F)F)ccc1Cl. The maximum Gasteiger partial charge on any atom is 0.405 e. The van der Waals surface area contributed by atoms with E-state index in [0.717, 1.165) is 4.90 Å². The number of hydrogen-bond donors (Lipinski definition) is 2. The first-order valence-electron chi connectivity index (χ1n) is 7.92. The maximum atomic E-state index is 12.4. The Kier molecular flexibility index (Phi) is 6.53. The van der Waals surface area contributed by atoms with Gasteiger partial charge in [-0.05, 0) is 31.0 Å². The summed E-state index contributed by atoms with van der Waals surface area (Å²) < 4.78 is 41.4. The van der Waals surface area contributed by atoms with Gasteiger partial charge in [0.25, 0.3) is 0 Å². The molecule has 1 aliphatic rings. The van der Waals surface area contributed by atoms with Crippen molar-refractivity contribution < 1.29 is 32.3 Å². The number of anilines is 1. The van der Waals surface area contributed by atoms with Crippen LogP contribution in [0, 0.1) is 0 Å². The van der Waals surface area contributed by atoms with Gasteiger partial charge in [0.15, 0.2) is 0 Å². The first-order chi connectivity index (χ1) is 12.6. The molecule has 1 atom stereocenters. The number of rotatable bonds is 4. The molecule has 1 fully saturated rings. The average Bonchev–Trinajstić information content (AvgIpc) is 3.10. The van der Waals surface area contributed by atoms with Gasteiger partial charge in [0, 0.05) is 12.2 Å². The number of halogens is 4. The summed E-state index contributed by atoms with van der Waals surface area (Å²) in [6.45, 7) is -1.25. The van der Waals surface area contributed by atoms with E-state index in [1.807, 2.05) is 0 Å². The van der Waals surface area contributed by atoms with Crippen molar-refractivity contribution in [3.05, 3.63) is 28.8 Å². The van der Waals surface area contributed by atoms with Crippen molar-refractivity contribution in [2.75, 3.05) is 25.5 Å². The minimum absolute atomic E-state index is 0.0397. The molecule has 1 heterocycles. The van der Waals surface area contributed by atoms with Crippen molar-refractivity contribution in [3.8, 4) is 0 Å². The summed E-state index contributed by atoms with van der Waals surface area (Å²) >= 11 is 5.90. The normalized spacial score (nSPS) is 16.8. The third kappa shape index (κ3) is 5.49. The summed E-state index contributed by atoms with van der Waals surface area (Å²) in [6, 6.07) is 2.47. The molecule has 0 aliphatic carbocycles.